The van der Waals surface area contributed by atoms with E-state index in [1.807, 2.05) is 31.2 Å². The lowest BCUT2D eigenvalue weighted by Gasteiger charge is -2.25. The minimum atomic E-state index is -0.324. The number of nitrogens with one attached hydrogen (secondary N) is 1. The Balaban J connectivity index is 2.22. The van der Waals surface area contributed by atoms with Gasteiger partial charge in [0.25, 0.3) is 5.91 Å². The molecule has 0 saturated heterocycles. The SMILES string of the molecule is CCCC1Oc2ccccc2NC1=O. The van der Waals surface area contributed by atoms with Crippen LogP contribution in [0.5, 0.6) is 5.75 Å². The van der Waals surface area contributed by atoms with Gasteiger partial charge in [-0.25, -0.2) is 0 Å². The van der Waals surface area contributed by atoms with E-state index < -0.39 is 0 Å². The fourth-order valence-electron chi connectivity index (χ4n) is 1.54. The number of para-hydroxylation sites is 2. The Kier molecular flexibility index (Phi) is 2.39. The van der Waals surface area contributed by atoms with E-state index in [-0.39, 0.29) is 12.0 Å². The van der Waals surface area contributed by atoms with E-state index in [1.54, 1.807) is 0 Å². The van der Waals surface area contributed by atoms with Gasteiger partial charge in [-0.1, -0.05) is 25.5 Å². The second-order valence-corrected chi connectivity index (χ2v) is 3.38. The van der Waals surface area contributed by atoms with Crippen LogP contribution in [0.1, 0.15) is 19.8 Å². The molecular weight excluding hydrogens is 178 g/mol. The van der Waals surface area contributed by atoms with Gasteiger partial charge in [0.2, 0.25) is 0 Å². The van der Waals surface area contributed by atoms with Crippen LogP contribution in [0.15, 0.2) is 24.3 Å². The molecule has 1 aromatic rings. The van der Waals surface area contributed by atoms with Crippen molar-refractivity contribution in [2.45, 2.75) is 25.9 Å². The molecule has 3 nitrogen and oxygen atoms in total. The summed E-state index contributed by atoms with van der Waals surface area (Å²) in [5, 5.41) is 2.83. The van der Waals surface area contributed by atoms with Crippen LogP contribution in [-0.4, -0.2) is 12.0 Å². The molecule has 0 aliphatic carbocycles. The third-order valence-electron chi connectivity index (χ3n) is 2.26. The molecule has 1 aromatic carbocycles. The smallest absolute Gasteiger partial charge is 0.265 e. The Hall–Kier alpha value is -1.51. The zero-order valence-corrected chi connectivity index (χ0v) is 8.12. The van der Waals surface area contributed by atoms with Crippen molar-refractivity contribution in [2.75, 3.05) is 5.32 Å². The monoisotopic (exact) mass is 191 g/mol. The van der Waals surface area contributed by atoms with Crippen molar-refractivity contribution in [1.82, 2.24) is 0 Å². The molecule has 0 radical (unpaired) electrons. The van der Waals surface area contributed by atoms with Crippen molar-refractivity contribution < 1.29 is 9.53 Å². The van der Waals surface area contributed by atoms with Crippen molar-refractivity contribution >= 4 is 11.6 Å². The summed E-state index contributed by atoms with van der Waals surface area (Å²) >= 11 is 0. The number of carbonyl (C=O) groups excluding carboxylic acids is 1. The Morgan fingerprint density at radius 1 is 1.43 bits per heavy atom. The summed E-state index contributed by atoms with van der Waals surface area (Å²) in [5.41, 5.74) is 0.768. The number of carbonyl (C=O) groups is 1. The molecule has 1 atom stereocenters. The van der Waals surface area contributed by atoms with Gasteiger partial charge in [0.05, 0.1) is 5.69 Å². The lowest BCUT2D eigenvalue weighted by molar-refractivity contribution is -0.123. The average molecular weight is 191 g/mol. The molecule has 0 spiro atoms. The molecule has 3 heteroatoms. The van der Waals surface area contributed by atoms with Gasteiger partial charge in [-0.2, -0.15) is 0 Å². The Morgan fingerprint density at radius 3 is 3.00 bits per heavy atom. The molecule has 1 N–H and O–H groups in total. The molecule has 14 heavy (non-hydrogen) atoms. The number of fused-ring (bicyclic) bond motifs is 1. The van der Waals surface area contributed by atoms with Crippen LogP contribution in [0.4, 0.5) is 5.69 Å². The maximum atomic E-state index is 11.5. The molecule has 2 rings (SSSR count). The highest BCUT2D eigenvalue weighted by molar-refractivity contribution is 5.97. The maximum absolute atomic E-state index is 11.5. The van der Waals surface area contributed by atoms with E-state index in [9.17, 15) is 4.79 Å². The first-order valence-electron chi connectivity index (χ1n) is 4.88. The summed E-state index contributed by atoms with van der Waals surface area (Å²) < 4.78 is 5.57. The van der Waals surface area contributed by atoms with Crippen molar-refractivity contribution in [3.05, 3.63) is 24.3 Å². The largest absolute Gasteiger partial charge is 0.478 e. The number of hydrogen-bond donors (Lipinski definition) is 1. The van der Waals surface area contributed by atoms with Crippen molar-refractivity contribution in [1.29, 1.82) is 0 Å². The molecule has 1 unspecified atom stereocenters. The van der Waals surface area contributed by atoms with Crippen molar-refractivity contribution in [3.8, 4) is 5.75 Å². The van der Waals surface area contributed by atoms with E-state index in [0.717, 1.165) is 24.3 Å². The predicted molar refractivity (Wildman–Crippen MR) is 54.4 cm³/mol. The van der Waals surface area contributed by atoms with Crippen LogP contribution in [0.25, 0.3) is 0 Å². The molecule has 1 heterocycles. The standard InChI is InChI=1S/C11H13NO2/c1-2-5-10-11(13)12-8-6-3-4-7-9(8)14-10/h3-4,6-7,10H,2,5H2,1H3,(H,12,13). The second-order valence-electron chi connectivity index (χ2n) is 3.38. The average Bonchev–Trinajstić information content (AvgIpc) is 2.19. The van der Waals surface area contributed by atoms with Gasteiger partial charge in [0.15, 0.2) is 6.10 Å². The molecule has 0 saturated carbocycles. The molecular formula is C11H13NO2. The van der Waals surface area contributed by atoms with Gasteiger partial charge in [-0.05, 0) is 18.6 Å². The fraction of sp³-hybridized carbons (Fsp3) is 0.364. The lowest BCUT2D eigenvalue weighted by Crippen LogP contribution is -2.36. The summed E-state index contributed by atoms with van der Waals surface area (Å²) in [6.07, 6.45) is 1.38. The first-order valence-corrected chi connectivity index (χ1v) is 4.88. The number of ether oxygens (including phenoxy) is 1. The normalized spacial score (nSPS) is 19.5. The van der Waals surface area contributed by atoms with Gasteiger partial charge < -0.3 is 10.1 Å². The highest BCUT2D eigenvalue weighted by Crippen LogP contribution is 2.29. The summed E-state index contributed by atoms with van der Waals surface area (Å²) in [6.45, 7) is 2.04. The highest BCUT2D eigenvalue weighted by atomic mass is 16.5. The van der Waals surface area contributed by atoms with Crippen molar-refractivity contribution in [3.63, 3.8) is 0 Å². The molecule has 74 valence electrons. The predicted octanol–water partition coefficient (Wildman–Crippen LogP) is 2.19. The lowest BCUT2D eigenvalue weighted by atomic mass is 10.1. The van der Waals surface area contributed by atoms with Crippen LogP contribution >= 0.6 is 0 Å². The van der Waals surface area contributed by atoms with E-state index in [0.29, 0.717) is 0 Å². The van der Waals surface area contributed by atoms with E-state index in [2.05, 4.69) is 5.32 Å². The summed E-state index contributed by atoms with van der Waals surface area (Å²) in [6, 6.07) is 7.49. The minimum absolute atomic E-state index is 0.0365. The zero-order chi connectivity index (χ0) is 9.97. The van der Waals surface area contributed by atoms with Crippen LogP contribution < -0.4 is 10.1 Å². The molecule has 0 aromatic heterocycles. The summed E-state index contributed by atoms with van der Waals surface area (Å²) in [5.74, 6) is 0.733. The third kappa shape index (κ3) is 1.58. The van der Waals surface area contributed by atoms with Gasteiger partial charge in [0.1, 0.15) is 5.75 Å². The van der Waals surface area contributed by atoms with Crippen LogP contribution in [-0.2, 0) is 4.79 Å². The van der Waals surface area contributed by atoms with Crippen LogP contribution in [0, 0.1) is 0 Å². The number of hydrogen-bond acceptors (Lipinski definition) is 2. The molecule has 1 aliphatic heterocycles. The number of rotatable bonds is 2. The van der Waals surface area contributed by atoms with E-state index >= 15 is 0 Å². The highest BCUT2D eigenvalue weighted by Gasteiger charge is 2.25. The third-order valence-corrected chi connectivity index (χ3v) is 2.26. The molecule has 1 amide bonds. The van der Waals surface area contributed by atoms with Crippen molar-refractivity contribution in [2.24, 2.45) is 0 Å². The van der Waals surface area contributed by atoms with E-state index in [4.69, 9.17) is 4.74 Å². The quantitative estimate of drug-likeness (QED) is 0.778. The maximum Gasteiger partial charge on any atom is 0.265 e. The van der Waals surface area contributed by atoms with Crippen LogP contribution in [0.2, 0.25) is 0 Å². The zero-order valence-electron chi connectivity index (χ0n) is 8.12. The van der Waals surface area contributed by atoms with E-state index in [1.165, 1.54) is 0 Å². The summed E-state index contributed by atoms with van der Waals surface area (Å²) in [7, 11) is 0. The van der Waals surface area contributed by atoms with Gasteiger partial charge in [0, 0.05) is 0 Å². The van der Waals surface area contributed by atoms with Gasteiger partial charge >= 0.3 is 0 Å². The molecule has 0 bridgehead atoms. The molecule has 0 fully saturated rings. The number of benzene rings is 1. The number of anilines is 1. The first kappa shape index (κ1) is 9.06. The fourth-order valence-corrected chi connectivity index (χ4v) is 1.54. The number of amides is 1. The topological polar surface area (TPSA) is 38.3 Å². The van der Waals surface area contributed by atoms with Crippen LogP contribution in [0.3, 0.4) is 0 Å². The Bertz CT molecular complexity index is 349. The Labute approximate surface area is 83.1 Å². The second kappa shape index (κ2) is 3.70. The first-order chi connectivity index (χ1) is 6.81. The Morgan fingerprint density at radius 2 is 2.21 bits per heavy atom. The molecule has 1 aliphatic rings. The van der Waals surface area contributed by atoms with Gasteiger partial charge in [-0.3, -0.25) is 4.79 Å². The minimum Gasteiger partial charge on any atom is -0.478 e. The summed E-state index contributed by atoms with van der Waals surface area (Å²) in [4.78, 5) is 11.5. The van der Waals surface area contributed by atoms with Gasteiger partial charge in [-0.15, -0.1) is 0 Å².